The Morgan fingerprint density at radius 1 is 1.27 bits per heavy atom. The molecule has 3 aliphatic rings. The maximum Gasteiger partial charge on any atom is 0.136 e. The summed E-state index contributed by atoms with van der Waals surface area (Å²) in [6.45, 7) is 7.13. The van der Waals surface area contributed by atoms with Crippen molar-refractivity contribution in [3.8, 4) is 0 Å². The molecule has 1 nitrogen and oxygen atoms in total. The molecule has 0 radical (unpaired) electrons. The van der Waals surface area contributed by atoms with Gasteiger partial charge < -0.3 is 0 Å². The van der Waals surface area contributed by atoms with Crippen molar-refractivity contribution >= 4 is 5.78 Å². The van der Waals surface area contributed by atoms with Gasteiger partial charge in [-0.05, 0) is 48.3 Å². The van der Waals surface area contributed by atoms with Crippen molar-refractivity contribution < 1.29 is 4.79 Å². The fourth-order valence-corrected chi connectivity index (χ4v) is 5.26. The van der Waals surface area contributed by atoms with Gasteiger partial charge in [-0.2, -0.15) is 0 Å². The molecule has 0 aromatic heterocycles. The van der Waals surface area contributed by atoms with Crippen LogP contribution in [0.25, 0.3) is 0 Å². The summed E-state index contributed by atoms with van der Waals surface area (Å²) in [5.74, 6) is 2.64. The molecule has 0 amide bonds. The lowest BCUT2D eigenvalue weighted by atomic mass is 9.67. The van der Waals surface area contributed by atoms with Crippen molar-refractivity contribution in [2.45, 2.75) is 52.9 Å². The Morgan fingerprint density at radius 2 is 2.00 bits per heavy atom. The number of carbonyl (C=O) groups excluding carboxylic acids is 1. The smallest absolute Gasteiger partial charge is 0.136 e. The normalized spacial score (nSPS) is 51.9. The summed E-state index contributed by atoms with van der Waals surface area (Å²) in [5.41, 5.74) is 0.848. The predicted molar refractivity (Wildman–Crippen MR) is 60.5 cm³/mol. The number of ketones is 1. The molecule has 3 aliphatic carbocycles. The number of Topliss-reactive ketones (excluding diaryl/α,β-unsaturated/α-hetero) is 1. The maximum absolute atomic E-state index is 12.0. The molecule has 3 rings (SSSR count). The van der Waals surface area contributed by atoms with Crippen LogP contribution in [0.1, 0.15) is 52.9 Å². The van der Waals surface area contributed by atoms with Crippen LogP contribution < -0.4 is 0 Å². The molecule has 3 saturated carbocycles. The summed E-state index contributed by atoms with van der Waals surface area (Å²) in [4.78, 5) is 12.0. The highest BCUT2D eigenvalue weighted by molar-refractivity contribution is 5.83. The molecule has 1 heteroatoms. The number of carbonyl (C=O) groups is 1. The molecular weight excluding hydrogens is 184 g/mol. The Balaban J connectivity index is 2.08. The van der Waals surface area contributed by atoms with E-state index in [0.29, 0.717) is 22.5 Å². The first-order valence-electron chi connectivity index (χ1n) is 6.51. The van der Waals surface area contributed by atoms with Gasteiger partial charge in [-0.1, -0.05) is 20.8 Å². The van der Waals surface area contributed by atoms with Crippen LogP contribution in [0.2, 0.25) is 0 Å². The number of fused-ring (bicyclic) bond motifs is 1. The third-order valence-electron chi connectivity index (χ3n) is 6.17. The fourth-order valence-electron chi connectivity index (χ4n) is 5.26. The number of hydrogen-bond donors (Lipinski definition) is 0. The highest BCUT2D eigenvalue weighted by Gasteiger charge is 2.65. The zero-order valence-electron chi connectivity index (χ0n) is 10.2. The second-order valence-electron chi connectivity index (χ2n) is 6.81. The Kier molecular flexibility index (Phi) is 1.76. The van der Waals surface area contributed by atoms with Crippen LogP contribution in [0.15, 0.2) is 0 Å². The summed E-state index contributed by atoms with van der Waals surface area (Å²) in [5, 5.41) is 0. The van der Waals surface area contributed by atoms with Gasteiger partial charge in [0.05, 0.1) is 0 Å². The highest BCUT2D eigenvalue weighted by atomic mass is 16.1. The monoisotopic (exact) mass is 206 g/mol. The summed E-state index contributed by atoms with van der Waals surface area (Å²) in [6, 6.07) is 0. The van der Waals surface area contributed by atoms with E-state index in [1.807, 2.05) is 0 Å². The van der Waals surface area contributed by atoms with Crippen LogP contribution in [0, 0.1) is 28.6 Å². The van der Waals surface area contributed by atoms with E-state index in [2.05, 4.69) is 20.8 Å². The molecule has 3 fully saturated rings. The van der Waals surface area contributed by atoms with Gasteiger partial charge in [0.1, 0.15) is 5.78 Å². The fraction of sp³-hybridized carbons (Fsp3) is 0.929. The second kappa shape index (κ2) is 2.67. The molecule has 0 N–H and O–H groups in total. The quantitative estimate of drug-likeness (QED) is 0.593. The molecule has 4 atom stereocenters. The van der Waals surface area contributed by atoms with Gasteiger partial charge in [0.2, 0.25) is 0 Å². The van der Waals surface area contributed by atoms with E-state index < -0.39 is 0 Å². The van der Waals surface area contributed by atoms with Crippen LogP contribution in [0.4, 0.5) is 0 Å². The molecule has 1 unspecified atom stereocenters. The van der Waals surface area contributed by atoms with Crippen LogP contribution in [0.5, 0.6) is 0 Å². The first kappa shape index (κ1) is 9.86. The Hall–Kier alpha value is -0.330. The van der Waals surface area contributed by atoms with Gasteiger partial charge in [0.15, 0.2) is 0 Å². The Morgan fingerprint density at radius 3 is 2.73 bits per heavy atom. The largest absolute Gasteiger partial charge is 0.299 e. The van der Waals surface area contributed by atoms with Gasteiger partial charge >= 0.3 is 0 Å². The molecule has 84 valence electrons. The zero-order valence-corrected chi connectivity index (χ0v) is 10.2. The van der Waals surface area contributed by atoms with Crippen LogP contribution in [0.3, 0.4) is 0 Å². The molecule has 2 bridgehead atoms. The minimum Gasteiger partial charge on any atom is -0.299 e. The van der Waals surface area contributed by atoms with E-state index in [1.54, 1.807) is 0 Å². The van der Waals surface area contributed by atoms with E-state index in [1.165, 1.54) is 25.7 Å². The molecule has 1 spiro atoms. The zero-order chi connectivity index (χ0) is 10.8. The van der Waals surface area contributed by atoms with E-state index in [-0.39, 0.29) is 0 Å². The molecule has 0 aromatic rings. The summed E-state index contributed by atoms with van der Waals surface area (Å²) < 4.78 is 0. The Bertz CT molecular complexity index is 317. The average molecular weight is 206 g/mol. The van der Waals surface area contributed by atoms with Crippen LogP contribution >= 0.6 is 0 Å². The first-order chi connectivity index (χ1) is 6.98. The molecule has 15 heavy (non-hydrogen) atoms. The minimum atomic E-state index is 0.290. The first-order valence-corrected chi connectivity index (χ1v) is 6.51. The summed E-state index contributed by atoms with van der Waals surface area (Å²) in [6.07, 6.45) is 6.05. The van der Waals surface area contributed by atoms with Crippen molar-refractivity contribution in [2.75, 3.05) is 0 Å². The number of hydrogen-bond acceptors (Lipinski definition) is 1. The van der Waals surface area contributed by atoms with E-state index in [4.69, 9.17) is 0 Å². The molecular formula is C14H22O. The minimum absolute atomic E-state index is 0.290. The van der Waals surface area contributed by atoms with Crippen molar-refractivity contribution in [1.82, 2.24) is 0 Å². The van der Waals surface area contributed by atoms with Crippen LogP contribution in [-0.2, 0) is 4.79 Å². The van der Waals surface area contributed by atoms with Gasteiger partial charge in [0, 0.05) is 12.3 Å². The Labute approximate surface area is 92.6 Å². The van der Waals surface area contributed by atoms with E-state index >= 15 is 0 Å². The highest BCUT2D eigenvalue weighted by Crippen LogP contribution is 2.70. The lowest BCUT2D eigenvalue weighted by Crippen LogP contribution is -2.31. The third kappa shape index (κ3) is 0.976. The average Bonchev–Trinajstić information content (AvgIpc) is 2.57. The SMILES string of the molecule is CC1CC[C@@H]2C(C)(C)[C@@H]3C[C@]12CCC3=O. The molecule has 0 heterocycles. The van der Waals surface area contributed by atoms with Crippen molar-refractivity contribution in [3.05, 3.63) is 0 Å². The van der Waals surface area contributed by atoms with Gasteiger partial charge in [-0.25, -0.2) is 0 Å². The second-order valence-corrected chi connectivity index (χ2v) is 6.81. The van der Waals surface area contributed by atoms with E-state index in [9.17, 15) is 4.79 Å². The van der Waals surface area contributed by atoms with Crippen LogP contribution in [-0.4, -0.2) is 5.78 Å². The lowest BCUT2D eigenvalue weighted by Gasteiger charge is -2.37. The maximum atomic E-state index is 12.0. The standard InChI is InChI=1S/C14H22O/c1-9-4-5-12-13(2,3)10-8-14(9,12)7-6-11(10)15/h9-10,12H,4-8H2,1-3H3/t9?,10-,12-,14-/m1/s1. The summed E-state index contributed by atoms with van der Waals surface area (Å²) >= 11 is 0. The van der Waals surface area contributed by atoms with Gasteiger partial charge in [0.25, 0.3) is 0 Å². The topological polar surface area (TPSA) is 17.1 Å². The van der Waals surface area contributed by atoms with Gasteiger partial charge in [-0.15, -0.1) is 0 Å². The molecule has 0 saturated heterocycles. The van der Waals surface area contributed by atoms with Crippen molar-refractivity contribution in [3.63, 3.8) is 0 Å². The molecule has 0 aliphatic heterocycles. The molecule has 0 aromatic carbocycles. The van der Waals surface area contributed by atoms with Gasteiger partial charge in [-0.3, -0.25) is 4.79 Å². The number of rotatable bonds is 0. The predicted octanol–water partition coefficient (Wildman–Crippen LogP) is 3.43. The lowest BCUT2D eigenvalue weighted by molar-refractivity contribution is -0.127. The van der Waals surface area contributed by atoms with Crippen molar-refractivity contribution in [2.24, 2.45) is 28.6 Å². The summed E-state index contributed by atoms with van der Waals surface area (Å²) in [7, 11) is 0. The third-order valence-corrected chi connectivity index (χ3v) is 6.17. The van der Waals surface area contributed by atoms with Crippen molar-refractivity contribution in [1.29, 1.82) is 0 Å². The van der Waals surface area contributed by atoms with E-state index in [0.717, 1.165) is 18.3 Å².